The number of nitrogens with zero attached hydrogens (tertiary/aromatic N) is 1. The molecule has 0 fully saturated rings. The van der Waals surface area contributed by atoms with Gasteiger partial charge in [0.15, 0.2) is 6.10 Å². The van der Waals surface area contributed by atoms with E-state index < -0.39 is 11.4 Å². The number of thiol groups is 1. The van der Waals surface area contributed by atoms with E-state index >= 15 is 0 Å². The zero-order valence-electron chi connectivity index (χ0n) is 5.00. The number of hydrogen-bond donors (Lipinski definition) is 1. The molecule has 3 nitrogen and oxygen atoms in total. The van der Waals surface area contributed by atoms with Gasteiger partial charge in [-0.15, -0.1) is 0 Å². The lowest BCUT2D eigenvalue weighted by molar-refractivity contribution is 0.148. The Morgan fingerprint density at radius 1 is 2.00 bits per heavy atom. The third kappa shape index (κ3) is 3.86. The lowest BCUT2D eigenvalue weighted by atomic mass is 10.3. The summed E-state index contributed by atoms with van der Waals surface area (Å²) in [5.41, 5.74) is 0. The molecule has 0 radical (unpaired) electrons. The summed E-state index contributed by atoms with van der Waals surface area (Å²) in [5.74, 6) is 0. The molecule has 0 unspecified atom stereocenters. The summed E-state index contributed by atoms with van der Waals surface area (Å²) >= 11 is 3.33. The van der Waals surface area contributed by atoms with Gasteiger partial charge in [0.25, 0.3) is 0 Å². The first-order chi connectivity index (χ1) is 4.20. The summed E-state index contributed by atoms with van der Waals surface area (Å²) in [4.78, 5) is 10.1. The fourth-order valence-electron chi connectivity index (χ4n) is 0.323. The highest BCUT2D eigenvalue weighted by Gasteiger charge is 2.05. The Morgan fingerprint density at radius 3 is 2.67 bits per heavy atom. The van der Waals surface area contributed by atoms with Crippen LogP contribution in [0.5, 0.6) is 0 Å². The van der Waals surface area contributed by atoms with Crippen molar-refractivity contribution in [3.8, 4) is 6.07 Å². The number of nitriles is 1. The predicted molar refractivity (Wildman–Crippen MR) is 35.2 cm³/mol. The van der Waals surface area contributed by atoms with E-state index in [0.29, 0.717) is 6.42 Å². The van der Waals surface area contributed by atoms with Gasteiger partial charge < -0.3 is 4.74 Å². The summed E-state index contributed by atoms with van der Waals surface area (Å²) in [6.07, 6.45) is -0.141. The number of ether oxygens (including phenoxy) is 1. The minimum Gasteiger partial charge on any atom is -0.439 e. The van der Waals surface area contributed by atoms with Crippen molar-refractivity contribution in [3.05, 3.63) is 0 Å². The molecule has 0 aliphatic carbocycles. The Bertz CT molecular complexity index is 140. The molecule has 0 amide bonds. The standard InChI is InChI=1S/C5H7NO2S/c1-2-4(3-6)8-5(7)9/h4H,2H2,1H3,(H,7,9)/t4-/m0/s1. The monoisotopic (exact) mass is 145 g/mol. The maximum Gasteiger partial charge on any atom is 0.365 e. The Labute approximate surface area is 59.0 Å². The predicted octanol–water partition coefficient (Wildman–Crippen LogP) is 1.35. The minimum absolute atomic E-state index is 0.503. The van der Waals surface area contributed by atoms with Crippen molar-refractivity contribution in [3.63, 3.8) is 0 Å². The van der Waals surface area contributed by atoms with Gasteiger partial charge in [-0.25, -0.2) is 4.79 Å². The van der Waals surface area contributed by atoms with Crippen molar-refractivity contribution >= 4 is 17.9 Å². The molecule has 0 aromatic rings. The van der Waals surface area contributed by atoms with Crippen LogP contribution in [0, 0.1) is 11.3 Å². The number of carbonyl (C=O) groups is 1. The summed E-state index contributed by atoms with van der Waals surface area (Å²) in [5, 5.41) is 7.51. The molecule has 0 saturated carbocycles. The summed E-state index contributed by atoms with van der Waals surface area (Å²) in [7, 11) is 0. The third-order valence-electron chi connectivity index (χ3n) is 0.758. The van der Waals surface area contributed by atoms with Gasteiger partial charge in [0, 0.05) is 0 Å². The topological polar surface area (TPSA) is 50.1 Å². The highest BCUT2D eigenvalue weighted by molar-refractivity contribution is 7.96. The maximum atomic E-state index is 10.1. The fraction of sp³-hybridized carbons (Fsp3) is 0.600. The molecule has 0 heterocycles. The molecule has 1 atom stereocenters. The van der Waals surface area contributed by atoms with Crippen molar-refractivity contribution in [1.82, 2.24) is 0 Å². The summed E-state index contributed by atoms with van der Waals surface area (Å²) < 4.78 is 4.41. The zero-order chi connectivity index (χ0) is 7.28. The smallest absolute Gasteiger partial charge is 0.365 e. The lowest BCUT2D eigenvalue weighted by Crippen LogP contribution is -2.09. The van der Waals surface area contributed by atoms with Crippen LogP contribution in [-0.4, -0.2) is 11.4 Å². The van der Waals surface area contributed by atoms with Crippen molar-refractivity contribution in [2.24, 2.45) is 0 Å². The van der Waals surface area contributed by atoms with E-state index in [1.54, 1.807) is 13.0 Å². The molecule has 0 bridgehead atoms. The van der Waals surface area contributed by atoms with Crippen LogP contribution in [0.25, 0.3) is 0 Å². The quantitative estimate of drug-likeness (QED) is 0.471. The van der Waals surface area contributed by atoms with Crippen molar-refractivity contribution in [2.45, 2.75) is 19.4 Å². The van der Waals surface area contributed by atoms with Crippen molar-refractivity contribution in [1.29, 1.82) is 5.26 Å². The van der Waals surface area contributed by atoms with E-state index in [1.165, 1.54) is 0 Å². The lowest BCUT2D eigenvalue weighted by Gasteiger charge is -2.02. The van der Waals surface area contributed by atoms with Gasteiger partial charge in [0.2, 0.25) is 0 Å². The first-order valence-electron chi connectivity index (χ1n) is 2.50. The molecule has 0 N–H and O–H groups in total. The normalized spacial score (nSPS) is 11.7. The molecule has 4 heteroatoms. The zero-order valence-corrected chi connectivity index (χ0v) is 5.89. The average Bonchev–Trinajstić information content (AvgIpc) is 1.82. The molecule has 9 heavy (non-hydrogen) atoms. The Hall–Kier alpha value is -0.690. The third-order valence-corrected chi connectivity index (χ3v) is 0.863. The number of rotatable bonds is 2. The second-order valence-electron chi connectivity index (χ2n) is 1.41. The van der Waals surface area contributed by atoms with Gasteiger partial charge >= 0.3 is 5.30 Å². The van der Waals surface area contributed by atoms with E-state index in [2.05, 4.69) is 17.4 Å². The molecule has 0 aliphatic heterocycles. The number of hydrogen-bond acceptors (Lipinski definition) is 3. The molecule has 0 aromatic carbocycles. The van der Waals surface area contributed by atoms with Gasteiger partial charge in [-0.05, 0) is 6.42 Å². The summed E-state index contributed by atoms with van der Waals surface area (Å²) in [6, 6.07) is 1.79. The maximum absolute atomic E-state index is 10.1. The molecule has 0 rings (SSSR count). The van der Waals surface area contributed by atoms with Crippen LogP contribution in [-0.2, 0) is 4.74 Å². The minimum atomic E-state index is -0.705. The Balaban J connectivity index is 3.60. The van der Waals surface area contributed by atoms with E-state index in [9.17, 15) is 4.79 Å². The van der Waals surface area contributed by atoms with Gasteiger partial charge in [-0.3, -0.25) is 0 Å². The second-order valence-corrected chi connectivity index (χ2v) is 1.77. The van der Waals surface area contributed by atoms with Gasteiger partial charge in [-0.2, -0.15) is 5.26 Å². The van der Waals surface area contributed by atoms with E-state index in [-0.39, 0.29) is 0 Å². The molecule has 0 aromatic heterocycles. The molecule has 50 valence electrons. The van der Waals surface area contributed by atoms with Crippen LogP contribution >= 0.6 is 12.6 Å². The SMILES string of the molecule is CC[C@@H](C#N)OC(=O)S. The van der Waals surface area contributed by atoms with Crippen molar-refractivity contribution in [2.75, 3.05) is 0 Å². The summed E-state index contributed by atoms with van der Waals surface area (Å²) in [6.45, 7) is 1.75. The Kier molecular flexibility index (Phi) is 3.89. The first kappa shape index (κ1) is 8.31. The van der Waals surface area contributed by atoms with E-state index in [0.717, 1.165) is 0 Å². The number of carbonyl (C=O) groups excluding carboxylic acids is 1. The van der Waals surface area contributed by atoms with Gasteiger partial charge in [-0.1, -0.05) is 19.6 Å². The second kappa shape index (κ2) is 4.21. The molecule has 0 aliphatic rings. The van der Waals surface area contributed by atoms with Crippen molar-refractivity contribution < 1.29 is 9.53 Å². The molecular formula is C5H7NO2S. The highest BCUT2D eigenvalue weighted by atomic mass is 32.1. The molecular weight excluding hydrogens is 138 g/mol. The molecule has 0 spiro atoms. The average molecular weight is 145 g/mol. The van der Waals surface area contributed by atoms with Gasteiger partial charge in [0.05, 0.1) is 0 Å². The van der Waals surface area contributed by atoms with E-state index in [1.807, 2.05) is 0 Å². The largest absolute Gasteiger partial charge is 0.439 e. The van der Waals surface area contributed by atoms with Crippen LogP contribution in [0.2, 0.25) is 0 Å². The van der Waals surface area contributed by atoms with Crippen LogP contribution in [0.15, 0.2) is 0 Å². The Morgan fingerprint density at radius 2 is 2.56 bits per heavy atom. The van der Waals surface area contributed by atoms with Crippen LogP contribution in [0.4, 0.5) is 4.79 Å². The van der Waals surface area contributed by atoms with Crippen LogP contribution in [0.1, 0.15) is 13.3 Å². The van der Waals surface area contributed by atoms with E-state index in [4.69, 9.17) is 5.26 Å². The first-order valence-corrected chi connectivity index (χ1v) is 2.94. The highest BCUT2D eigenvalue weighted by Crippen LogP contribution is 1.98. The van der Waals surface area contributed by atoms with Crippen LogP contribution in [0.3, 0.4) is 0 Å². The fourth-order valence-corrected chi connectivity index (χ4v) is 0.450. The van der Waals surface area contributed by atoms with Crippen LogP contribution < -0.4 is 0 Å². The van der Waals surface area contributed by atoms with Gasteiger partial charge in [0.1, 0.15) is 6.07 Å². The molecule has 0 saturated heterocycles.